The van der Waals surface area contributed by atoms with E-state index in [0.29, 0.717) is 0 Å². The van der Waals surface area contributed by atoms with Gasteiger partial charge in [0.2, 0.25) is 0 Å². The number of pyridine rings is 1. The van der Waals surface area contributed by atoms with Gasteiger partial charge in [-0.05, 0) is 71.8 Å². The van der Waals surface area contributed by atoms with Crippen LogP contribution in [0, 0.1) is 0 Å². The van der Waals surface area contributed by atoms with Crippen LogP contribution in [0.1, 0.15) is 6.29 Å². The quantitative estimate of drug-likeness (QED) is 0.220. The van der Waals surface area contributed by atoms with Gasteiger partial charge in [-0.2, -0.15) is 0 Å². The second kappa shape index (κ2) is 9.37. The molecule has 8 rings (SSSR count). The minimum atomic E-state index is -0.474. The Labute approximate surface area is 237 Å². The summed E-state index contributed by atoms with van der Waals surface area (Å²) in [5.74, 6) is 0.741. The van der Waals surface area contributed by atoms with E-state index in [-0.39, 0.29) is 0 Å². The van der Waals surface area contributed by atoms with Crippen LogP contribution in [0.25, 0.3) is 60.4 Å². The summed E-state index contributed by atoms with van der Waals surface area (Å²) >= 11 is 0. The van der Waals surface area contributed by atoms with Crippen LogP contribution in [0.15, 0.2) is 140 Å². The van der Waals surface area contributed by atoms with Gasteiger partial charge in [-0.15, -0.1) is 0 Å². The standard InChI is InChI=1S/C36H27N5/c37-36(39-35-16-8-9-21-38-35)41-32-15-7-5-13-28(32)30-23-25(18-20-34(30)41)24-17-19-33-29(22-24)27-12-4-6-14-31(27)40(33)26-10-2-1-3-11-26/h1-23,36H,37H2,(H,38,39). The van der Waals surface area contributed by atoms with Gasteiger partial charge in [0.1, 0.15) is 5.82 Å². The second-order valence-corrected chi connectivity index (χ2v) is 10.3. The van der Waals surface area contributed by atoms with E-state index in [4.69, 9.17) is 5.73 Å². The highest BCUT2D eigenvalue weighted by atomic mass is 15.3. The molecule has 0 saturated carbocycles. The van der Waals surface area contributed by atoms with E-state index in [1.807, 2.05) is 18.2 Å². The molecule has 1 atom stereocenters. The molecule has 5 aromatic carbocycles. The van der Waals surface area contributed by atoms with E-state index >= 15 is 0 Å². The molecule has 8 aromatic rings. The summed E-state index contributed by atoms with van der Waals surface area (Å²) in [7, 11) is 0. The first-order valence-corrected chi connectivity index (χ1v) is 13.8. The molecule has 3 heterocycles. The Kier molecular flexibility index (Phi) is 5.37. The highest BCUT2D eigenvalue weighted by Gasteiger charge is 2.17. The molecule has 0 saturated heterocycles. The minimum absolute atomic E-state index is 0.474. The lowest BCUT2D eigenvalue weighted by molar-refractivity contribution is 0.623. The summed E-state index contributed by atoms with van der Waals surface area (Å²) in [6.07, 6.45) is 1.29. The van der Waals surface area contributed by atoms with Crippen LogP contribution in [0.4, 0.5) is 5.82 Å². The van der Waals surface area contributed by atoms with Crippen LogP contribution in [-0.2, 0) is 0 Å². The average molecular weight is 530 g/mol. The minimum Gasteiger partial charge on any atom is -0.338 e. The molecule has 0 bridgehead atoms. The molecule has 3 N–H and O–H groups in total. The van der Waals surface area contributed by atoms with Gasteiger partial charge in [0.15, 0.2) is 6.29 Å². The van der Waals surface area contributed by atoms with E-state index < -0.39 is 6.29 Å². The molecule has 3 aromatic heterocycles. The zero-order valence-electron chi connectivity index (χ0n) is 22.3. The Morgan fingerprint density at radius 1 is 0.537 bits per heavy atom. The van der Waals surface area contributed by atoms with Crippen molar-refractivity contribution in [3.63, 3.8) is 0 Å². The fourth-order valence-electron chi connectivity index (χ4n) is 6.15. The van der Waals surface area contributed by atoms with Crippen molar-refractivity contribution < 1.29 is 0 Å². The third-order valence-electron chi connectivity index (χ3n) is 7.97. The lowest BCUT2D eigenvalue weighted by atomic mass is 10.0. The van der Waals surface area contributed by atoms with Crippen LogP contribution in [-0.4, -0.2) is 14.1 Å². The number of benzene rings is 5. The van der Waals surface area contributed by atoms with Crippen molar-refractivity contribution in [2.45, 2.75) is 6.29 Å². The predicted octanol–water partition coefficient (Wildman–Crippen LogP) is 8.48. The summed E-state index contributed by atoms with van der Waals surface area (Å²) in [5, 5.41) is 8.18. The highest BCUT2D eigenvalue weighted by Crippen LogP contribution is 2.37. The molecule has 196 valence electrons. The van der Waals surface area contributed by atoms with Gasteiger partial charge >= 0.3 is 0 Å². The Hall–Kier alpha value is -5.39. The van der Waals surface area contributed by atoms with Gasteiger partial charge in [-0.25, -0.2) is 4.98 Å². The number of nitrogens with zero attached hydrogens (tertiary/aromatic N) is 3. The number of nitrogens with two attached hydrogens (primary N) is 1. The van der Waals surface area contributed by atoms with Crippen molar-refractivity contribution >= 4 is 49.4 Å². The Morgan fingerprint density at radius 2 is 1.10 bits per heavy atom. The SMILES string of the molecule is NC(Nc1ccccn1)n1c2ccccc2c2cc(-c3ccc4c(c3)c3ccccc3n4-c3ccccc3)ccc21. The van der Waals surface area contributed by atoms with E-state index in [2.05, 4.69) is 135 Å². The number of fused-ring (bicyclic) bond motifs is 6. The van der Waals surface area contributed by atoms with Crippen LogP contribution < -0.4 is 11.1 Å². The number of hydrogen-bond donors (Lipinski definition) is 2. The van der Waals surface area contributed by atoms with Crippen molar-refractivity contribution in [1.29, 1.82) is 0 Å². The average Bonchev–Trinajstić information content (AvgIpc) is 3.54. The number of aromatic nitrogens is 3. The first-order chi connectivity index (χ1) is 20.3. The van der Waals surface area contributed by atoms with Crippen LogP contribution >= 0.6 is 0 Å². The van der Waals surface area contributed by atoms with Crippen molar-refractivity contribution in [2.24, 2.45) is 5.73 Å². The molecular weight excluding hydrogens is 502 g/mol. The highest BCUT2D eigenvalue weighted by molar-refractivity contribution is 6.12. The van der Waals surface area contributed by atoms with Crippen LogP contribution in [0.5, 0.6) is 0 Å². The second-order valence-electron chi connectivity index (χ2n) is 10.3. The maximum absolute atomic E-state index is 6.73. The third-order valence-corrected chi connectivity index (χ3v) is 7.97. The molecule has 0 fully saturated rings. The first-order valence-electron chi connectivity index (χ1n) is 13.8. The number of nitrogens with one attached hydrogen (secondary N) is 1. The Bertz CT molecular complexity index is 2190. The predicted molar refractivity (Wildman–Crippen MR) is 170 cm³/mol. The first kappa shape index (κ1) is 23.5. The summed E-state index contributed by atoms with van der Waals surface area (Å²) < 4.78 is 4.50. The van der Waals surface area contributed by atoms with Crippen molar-refractivity contribution in [1.82, 2.24) is 14.1 Å². The van der Waals surface area contributed by atoms with Gasteiger partial charge in [-0.3, -0.25) is 5.73 Å². The smallest absolute Gasteiger partial charge is 0.158 e. The van der Waals surface area contributed by atoms with Gasteiger partial charge in [0.25, 0.3) is 0 Å². The van der Waals surface area contributed by atoms with Crippen LogP contribution in [0.2, 0.25) is 0 Å². The van der Waals surface area contributed by atoms with E-state index in [1.165, 1.54) is 43.7 Å². The molecule has 0 amide bonds. The monoisotopic (exact) mass is 529 g/mol. The molecule has 0 spiro atoms. The summed E-state index contributed by atoms with van der Waals surface area (Å²) in [5.41, 5.74) is 14.8. The van der Waals surface area contributed by atoms with Crippen molar-refractivity contribution in [2.75, 3.05) is 5.32 Å². The number of anilines is 1. The molecule has 0 aliphatic rings. The molecule has 1 unspecified atom stereocenters. The number of rotatable bonds is 5. The topological polar surface area (TPSA) is 60.8 Å². The largest absolute Gasteiger partial charge is 0.338 e. The third kappa shape index (κ3) is 3.78. The summed E-state index contributed by atoms with van der Waals surface area (Å²) in [4.78, 5) is 4.40. The van der Waals surface area contributed by atoms with E-state index in [9.17, 15) is 0 Å². The van der Waals surface area contributed by atoms with E-state index in [0.717, 1.165) is 22.5 Å². The zero-order chi connectivity index (χ0) is 27.3. The zero-order valence-corrected chi connectivity index (χ0v) is 22.3. The van der Waals surface area contributed by atoms with Gasteiger partial charge in [0, 0.05) is 33.4 Å². The van der Waals surface area contributed by atoms with Gasteiger partial charge in [-0.1, -0.05) is 72.8 Å². The number of para-hydroxylation sites is 3. The molecule has 41 heavy (non-hydrogen) atoms. The maximum Gasteiger partial charge on any atom is 0.158 e. The fraction of sp³-hybridized carbons (Fsp3) is 0.0278. The van der Waals surface area contributed by atoms with Crippen molar-refractivity contribution in [3.8, 4) is 16.8 Å². The molecule has 0 radical (unpaired) electrons. The van der Waals surface area contributed by atoms with Gasteiger partial charge in [0.05, 0.1) is 22.1 Å². The lowest BCUT2D eigenvalue weighted by Gasteiger charge is -2.19. The number of hydrogen-bond acceptors (Lipinski definition) is 3. The normalized spacial score (nSPS) is 12.4. The fourth-order valence-corrected chi connectivity index (χ4v) is 6.15. The van der Waals surface area contributed by atoms with Crippen molar-refractivity contribution in [3.05, 3.63) is 140 Å². The maximum atomic E-state index is 6.73. The molecule has 0 aliphatic heterocycles. The summed E-state index contributed by atoms with van der Waals surface area (Å²) in [6, 6.07) is 46.9. The lowest BCUT2D eigenvalue weighted by Crippen LogP contribution is -2.27. The molecule has 5 nitrogen and oxygen atoms in total. The molecule has 0 aliphatic carbocycles. The molecule has 5 heteroatoms. The Morgan fingerprint density at radius 3 is 1.83 bits per heavy atom. The van der Waals surface area contributed by atoms with E-state index in [1.54, 1.807) is 6.20 Å². The molecular formula is C36H27N5. The van der Waals surface area contributed by atoms with Gasteiger partial charge < -0.3 is 14.5 Å². The van der Waals surface area contributed by atoms with Crippen LogP contribution in [0.3, 0.4) is 0 Å². The Balaban J connectivity index is 1.29. The summed E-state index contributed by atoms with van der Waals surface area (Å²) in [6.45, 7) is 0.